The molecule has 1 aromatic carbocycles. The Labute approximate surface area is 99.2 Å². The van der Waals surface area contributed by atoms with Gasteiger partial charge in [0.15, 0.2) is 0 Å². The summed E-state index contributed by atoms with van der Waals surface area (Å²) in [5, 5.41) is 0. The molecule has 1 aromatic rings. The number of rotatable bonds is 3. The molecule has 2 N–H and O–H groups in total. The maximum absolute atomic E-state index is 6.39. The minimum Gasteiger partial charge on any atom is -0.325 e. The normalized spacial score (nSPS) is 34.1. The van der Waals surface area contributed by atoms with Crippen molar-refractivity contribution in [1.29, 1.82) is 0 Å². The van der Waals surface area contributed by atoms with Crippen LogP contribution in [0.3, 0.4) is 0 Å². The topological polar surface area (TPSA) is 26.0 Å². The zero-order valence-corrected chi connectivity index (χ0v) is 10.3. The Morgan fingerprint density at radius 2 is 1.93 bits per heavy atom. The van der Waals surface area contributed by atoms with Gasteiger partial charge in [-0.05, 0) is 36.5 Å². The summed E-state index contributed by atoms with van der Waals surface area (Å²) in [7, 11) is 0. The standard InChI is InChI=1S/C13H16BrN/c14-11-5-3-10(4-6-11)12-8-13(12,15)7-9-1-2-9/h3-6,9,12H,1-2,7-8,15H2. The van der Waals surface area contributed by atoms with Crippen molar-refractivity contribution in [2.75, 3.05) is 0 Å². The highest BCUT2D eigenvalue weighted by molar-refractivity contribution is 9.10. The SMILES string of the molecule is NC1(CC2CC2)CC1c1ccc(Br)cc1. The lowest BCUT2D eigenvalue weighted by atomic mass is 10.0. The zero-order valence-electron chi connectivity index (χ0n) is 8.75. The summed E-state index contributed by atoms with van der Waals surface area (Å²) in [6.45, 7) is 0. The second kappa shape index (κ2) is 3.33. The summed E-state index contributed by atoms with van der Waals surface area (Å²) in [6, 6.07) is 8.64. The second-order valence-electron chi connectivity index (χ2n) is 5.19. The molecule has 2 unspecified atom stereocenters. The van der Waals surface area contributed by atoms with E-state index >= 15 is 0 Å². The van der Waals surface area contributed by atoms with Gasteiger partial charge in [0.1, 0.15) is 0 Å². The number of nitrogens with two attached hydrogens (primary N) is 1. The van der Waals surface area contributed by atoms with Crippen LogP contribution in [0.1, 0.15) is 37.2 Å². The third-order valence-electron chi connectivity index (χ3n) is 3.76. The van der Waals surface area contributed by atoms with Gasteiger partial charge in [0.05, 0.1) is 0 Å². The van der Waals surface area contributed by atoms with Crippen LogP contribution in [-0.4, -0.2) is 5.54 Å². The average molecular weight is 266 g/mol. The van der Waals surface area contributed by atoms with Gasteiger partial charge in [0.25, 0.3) is 0 Å². The van der Waals surface area contributed by atoms with Crippen LogP contribution < -0.4 is 5.73 Å². The highest BCUT2D eigenvalue weighted by Gasteiger charge is 2.53. The summed E-state index contributed by atoms with van der Waals surface area (Å²) < 4.78 is 1.15. The summed E-state index contributed by atoms with van der Waals surface area (Å²) in [6.07, 6.45) is 5.25. The quantitative estimate of drug-likeness (QED) is 0.891. The fraction of sp³-hybridized carbons (Fsp3) is 0.538. The van der Waals surface area contributed by atoms with Crippen LogP contribution >= 0.6 is 15.9 Å². The lowest BCUT2D eigenvalue weighted by Crippen LogP contribution is -2.24. The third kappa shape index (κ3) is 1.98. The summed E-state index contributed by atoms with van der Waals surface area (Å²) in [5.41, 5.74) is 7.94. The Hall–Kier alpha value is -0.340. The molecule has 15 heavy (non-hydrogen) atoms. The molecule has 2 aliphatic rings. The summed E-state index contributed by atoms with van der Waals surface area (Å²) in [5.74, 6) is 1.56. The summed E-state index contributed by atoms with van der Waals surface area (Å²) >= 11 is 3.46. The molecule has 0 saturated heterocycles. The van der Waals surface area contributed by atoms with Crippen LogP contribution in [0, 0.1) is 5.92 Å². The largest absolute Gasteiger partial charge is 0.325 e. The van der Waals surface area contributed by atoms with E-state index in [9.17, 15) is 0 Å². The van der Waals surface area contributed by atoms with Gasteiger partial charge in [-0.2, -0.15) is 0 Å². The van der Waals surface area contributed by atoms with Gasteiger partial charge in [-0.25, -0.2) is 0 Å². The first kappa shape index (κ1) is 9.86. The van der Waals surface area contributed by atoms with E-state index < -0.39 is 0 Å². The average Bonchev–Trinajstić information content (AvgIpc) is 3.09. The van der Waals surface area contributed by atoms with Crippen LogP contribution in [-0.2, 0) is 0 Å². The molecule has 0 heterocycles. The monoisotopic (exact) mass is 265 g/mol. The van der Waals surface area contributed by atoms with Crippen LogP contribution in [0.4, 0.5) is 0 Å². The minimum atomic E-state index is 0.134. The number of benzene rings is 1. The molecule has 0 amide bonds. The Kier molecular flexibility index (Phi) is 2.18. The van der Waals surface area contributed by atoms with Gasteiger partial charge in [-0.1, -0.05) is 40.9 Å². The second-order valence-corrected chi connectivity index (χ2v) is 6.10. The first-order chi connectivity index (χ1) is 7.17. The van der Waals surface area contributed by atoms with Crippen molar-refractivity contribution in [1.82, 2.24) is 0 Å². The lowest BCUT2D eigenvalue weighted by Gasteiger charge is -2.10. The molecule has 1 nitrogen and oxygen atoms in total. The molecule has 2 atom stereocenters. The Morgan fingerprint density at radius 1 is 1.27 bits per heavy atom. The van der Waals surface area contributed by atoms with E-state index in [0.717, 1.165) is 10.4 Å². The molecule has 80 valence electrons. The Morgan fingerprint density at radius 3 is 2.53 bits per heavy atom. The van der Waals surface area contributed by atoms with E-state index in [0.29, 0.717) is 5.92 Å². The molecule has 0 bridgehead atoms. The predicted molar refractivity (Wildman–Crippen MR) is 65.8 cm³/mol. The highest BCUT2D eigenvalue weighted by atomic mass is 79.9. The van der Waals surface area contributed by atoms with Crippen LogP contribution in [0.5, 0.6) is 0 Å². The fourth-order valence-corrected chi connectivity index (χ4v) is 2.82. The first-order valence-corrected chi connectivity index (χ1v) is 6.51. The van der Waals surface area contributed by atoms with Crippen molar-refractivity contribution < 1.29 is 0 Å². The van der Waals surface area contributed by atoms with Crippen molar-refractivity contribution in [2.45, 2.75) is 37.1 Å². The molecule has 0 aromatic heterocycles. The number of hydrogen-bond donors (Lipinski definition) is 1. The van der Waals surface area contributed by atoms with Crippen molar-refractivity contribution in [2.24, 2.45) is 11.7 Å². The maximum Gasteiger partial charge on any atom is 0.0233 e. The van der Waals surface area contributed by atoms with E-state index in [1.54, 1.807) is 0 Å². The predicted octanol–water partition coefficient (Wildman–Crippen LogP) is 3.43. The fourth-order valence-electron chi connectivity index (χ4n) is 2.55. The molecule has 2 saturated carbocycles. The van der Waals surface area contributed by atoms with Crippen LogP contribution in [0.25, 0.3) is 0 Å². The molecule has 0 radical (unpaired) electrons. The van der Waals surface area contributed by atoms with Crippen molar-refractivity contribution >= 4 is 15.9 Å². The van der Waals surface area contributed by atoms with Gasteiger partial charge in [0.2, 0.25) is 0 Å². The van der Waals surface area contributed by atoms with Crippen LogP contribution in [0.2, 0.25) is 0 Å². The van der Waals surface area contributed by atoms with E-state index in [1.165, 1.54) is 31.2 Å². The van der Waals surface area contributed by atoms with E-state index in [4.69, 9.17) is 5.73 Å². The smallest absolute Gasteiger partial charge is 0.0233 e. The molecule has 2 aliphatic carbocycles. The number of halogens is 1. The Bertz CT molecular complexity index is 369. The van der Waals surface area contributed by atoms with Crippen molar-refractivity contribution in [3.8, 4) is 0 Å². The van der Waals surface area contributed by atoms with Gasteiger partial charge in [0, 0.05) is 15.9 Å². The lowest BCUT2D eigenvalue weighted by molar-refractivity contribution is 0.545. The highest BCUT2D eigenvalue weighted by Crippen LogP contribution is 2.55. The molecule has 2 fully saturated rings. The van der Waals surface area contributed by atoms with Crippen molar-refractivity contribution in [3.05, 3.63) is 34.3 Å². The molecular formula is C13H16BrN. The molecule has 3 rings (SSSR count). The zero-order chi connectivity index (χ0) is 10.5. The van der Waals surface area contributed by atoms with Crippen molar-refractivity contribution in [3.63, 3.8) is 0 Å². The number of hydrogen-bond acceptors (Lipinski definition) is 1. The van der Waals surface area contributed by atoms with Crippen LogP contribution in [0.15, 0.2) is 28.7 Å². The van der Waals surface area contributed by atoms with Gasteiger partial charge >= 0.3 is 0 Å². The summed E-state index contributed by atoms with van der Waals surface area (Å²) in [4.78, 5) is 0. The van der Waals surface area contributed by atoms with Gasteiger partial charge in [-0.15, -0.1) is 0 Å². The minimum absolute atomic E-state index is 0.134. The van der Waals surface area contributed by atoms with E-state index in [-0.39, 0.29) is 5.54 Å². The molecule has 0 spiro atoms. The molecule has 0 aliphatic heterocycles. The maximum atomic E-state index is 6.39. The van der Waals surface area contributed by atoms with Gasteiger partial charge in [-0.3, -0.25) is 0 Å². The first-order valence-electron chi connectivity index (χ1n) is 5.72. The third-order valence-corrected chi connectivity index (χ3v) is 4.28. The van der Waals surface area contributed by atoms with E-state index in [1.807, 2.05) is 0 Å². The van der Waals surface area contributed by atoms with E-state index in [2.05, 4.69) is 40.2 Å². The Balaban J connectivity index is 1.71. The van der Waals surface area contributed by atoms with Gasteiger partial charge < -0.3 is 5.73 Å². The molecule has 2 heteroatoms. The molecular weight excluding hydrogens is 250 g/mol.